The average molecular weight is 320 g/mol. The Hall–Kier alpha value is -0.670. The largest absolute Gasteiger partial charge is 0.394 e. The van der Waals surface area contributed by atoms with Crippen molar-refractivity contribution in [2.45, 2.75) is 72.3 Å². The lowest BCUT2D eigenvalue weighted by molar-refractivity contribution is -0.148. The van der Waals surface area contributed by atoms with Crippen molar-refractivity contribution in [2.75, 3.05) is 6.61 Å². The first-order valence-corrected chi connectivity index (χ1v) is 9.16. The van der Waals surface area contributed by atoms with Crippen LogP contribution in [0.2, 0.25) is 0 Å². The van der Waals surface area contributed by atoms with E-state index in [2.05, 4.69) is 33.8 Å². The highest BCUT2D eigenvalue weighted by Gasteiger charge is 2.58. The van der Waals surface area contributed by atoms with Gasteiger partial charge in [0.15, 0.2) is 0 Å². The molecule has 23 heavy (non-hydrogen) atoms. The first-order chi connectivity index (χ1) is 10.6. The van der Waals surface area contributed by atoms with Crippen molar-refractivity contribution in [1.82, 2.24) is 0 Å². The highest BCUT2D eigenvalue weighted by atomic mass is 16.3. The number of carbonyl (C=O) groups is 1. The van der Waals surface area contributed by atoms with E-state index in [1.54, 1.807) is 0 Å². The van der Waals surface area contributed by atoms with E-state index in [0.29, 0.717) is 24.0 Å². The highest BCUT2D eigenvalue weighted by molar-refractivity contribution is 5.87. The van der Waals surface area contributed by atoms with Crippen LogP contribution in [0.15, 0.2) is 11.6 Å². The Kier molecular flexibility index (Phi) is 4.04. The van der Waals surface area contributed by atoms with Crippen LogP contribution in [0.3, 0.4) is 0 Å². The molecule has 0 heterocycles. The second-order valence-electron chi connectivity index (χ2n) is 9.38. The molecule has 3 rings (SSSR count). The van der Waals surface area contributed by atoms with E-state index in [0.717, 1.165) is 32.1 Å². The molecule has 3 aliphatic rings. The van der Waals surface area contributed by atoms with Gasteiger partial charge in [-0.2, -0.15) is 0 Å². The van der Waals surface area contributed by atoms with Gasteiger partial charge in [0.2, 0.25) is 0 Å². The van der Waals surface area contributed by atoms with Gasteiger partial charge in [0, 0.05) is 11.8 Å². The Balaban J connectivity index is 1.95. The first-order valence-electron chi connectivity index (χ1n) is 9.16. The first kappa shape index (κ1) is 17.2. The molecule has 0 amide bonds. The quantitative estimate of drug-likeness (QED) is 0.766. The fourth-order valence-corrected chi connectivity index (χ4v) is 5.90. The second kappa shape index (κ2) is 5.42. The molecule has 130 valence electrons. The molecule has 0 radical (unpaired) electrons. The fraction of sp³-hybridized carbons (Fsp3) is 0.850. The van der Waals surface area contributed by atoms with Gasteiger partial charge in [-0.25, -0.2) is 0 Å². The number of Topliss-reactive ketones (excluding diaryl/α,β-unsaturated/α-hetero) is 1. The van der Waals surface area contributed by atoms with Gasteiger partial charge < -0.3 is 10.2 Å². The number of carbonyl (C=O) groups excluding carboxylic acids is 1. The highest BCUT2D eigenvalue weighted by Crippen LogP contribution is 2.62. The molecule has 5 unspecified atom stereocenters. The van der Waals surface area contributed by atoms with Gasteiger partial charge in [-0.15, -0.1) is 0 Å². The fourth-order valence-electron chi connectivity index (χ4n) is 5.90. The lowest BCUT2D eigenvalue weighted by atomic mass is 9.45. The molecule has 5 atom stereocenters. The van der Waals surface area contributed by atoms with Crippen molar-refractivity contribution in [3.63, 3.8) is 0 Å². The summed E-state index contributed by atoms with van der Waals surface area (Å²) in [4.78, 5) is 12.9. The molecule has 2 N–H and O–H groups in total. The third kappa shape index (κ3) is 2.42. The van der Waals surface area contributed by atoms with Crippen LogP contribution < -0.4 is 0 Å². The number of aliphatic hydroxyl groups is 2. The molecule has 2 fully saturated rings. The summed E-state index contributed by atoms with van der Waals surface area (Å²) in [6.07, 6.45) is 7.03. The minimum atomic E-state index is -0.673. The molecule has 2 saturated carbocycles. The summed E-state index contributed by atoms with van der Waals surface area (Å²) >= 11 is 0. The van der Waals surface area contributed by atoms with Gasteiger partial charge in [0.1, 0.15) is 5.78 Å². The summed E-state index contributed by atoms with van der Waals surface area (Å²) in [7, 11) is 0. The van der Waals surface area contributed by atoms with Crippen molar-refractivity contribution in [2.24, 2.45) is 28.1 Å². The molecule has 0 spiro atoms. The monoisotopic (exact) mass is 320 g/mol. The molecular formula is C20H32O3. The lowest BCUT2D eigenvalue weighted by Gasteiger charge is -2.58. The molecule has 3 heteroatoms. The smallest absolute Gasteiger partial charge is 0.139 e. The van der Waals surface area contributed by atoms with E-state index in [-0.39, 0.29) is 22.9 Å². The van der Waals surface area contributed by atoms with E-state index in [4.69, 9.17) is 0 Å². The Morgan fingerprint density at radius 1 is 1.26 bits per heavy atom. The van der Waals surface area contributed by atoms with Gasteiger partial charge in [-0.05, 0) is 54.8 Å². The van der Waals surface area contributed by atoms with Crippen molar-refractivity contribution in [1.29, 1.82) is 0 Å². The number of rotatable bonds is 2. The van der Waals surface area contributed by atoms with Crippen molar-refractivity contribution in [3.05, 3.63) is 11.6 Å². The average Bonchev–Trinajstić information content (AvgIpc) is 2.50. The van der Waals surface area contributed by atoms with Crippen molar-refractivity contribution < 1.29 is 15.0 Å². The summed E-state index contributed by atoms with van der Waals surface area (Å²) in [5, 5.41) is 19.6. The Labute approximate surface area is 140 Å². The molecule has 3 nitrogen and oxygen atoms in total. The van der Waals surface area contributed by atoms with Crippen LogP contribution in [0.1, 0.15) is 66.2 Å². The van der Waals surface area contributed by atoms with Crippen LogP contribution in [0, 0.1) is 28.1 Å². The number of hydrogen-bond acceptors (Lipinski definition) is 3. The zero-order valence-electron chi connectivity index (χ0n) is 15.1. The Bertz CT molecular complexity index is 535. The number of ketones is 1. The summed E-state index contributed by atoms with van der Waals surface area (Å²) in [6, 6.07) is 0. The molecule has 0 aromatic rings. The van der Waals surface area contributed by atoms with Crippen LogP contribution in [0.5, 0.6) is 0 Å². The zero-order chi connectivity index (χ0) is 17.0. The maximum atomic E-state index is 12.9. The summed E-state index contributed by atoms with van der Waals surface area (Å²) in [5.41, 5.74) is 1.08. The summed E-state index contributed by atoms with van der Waals surface area (Å²) < 4.78 is 0. The lowest BCUT2D eigenvalue weighted by Crippen LogP contribution is -2.56. The predicted molar refractivity (Wildman–Crippen MR) is 90.9 cm³/mol. The minimum Gasteiger partial charge on any atom is -0.394 e. The number of fused-ring (bicyclic) bond motifs is 3. The molecule has 0 aromatic carbocycles. The SMILES string of the molecule is CC1(C)CCC(=O)C2(C)C3CCC(C)(C(O)CO)CC3=CCC12. The molecule has 0 saturated heterocycles. The van der Waals surface area contributed by atoms with Crippen LogP contribution >= 0.6 is 0 Å². The number of aliphatic hydroxyl groups excluding tert-OH is 2. The molecule has 0 aromatic heterocycles. The van der Waals surface area contributed by atoms with Crippen LogP contribution in [0.25, 0.3) is 0 Å². The third-order valence-electron chi connectivity index (χ3n) is 7.64. The van der Waals surface area contributed by atoms with E-state index < -0.39 is 6.10 Å². The summed E-state index contributed by atoms with van der Waals surface area (Å²) in [6.45, 7) is 8.75. The summed E-state index contributed by atoms with van der Waals surface area (Å²) in [5.74, 6) is 1.20. The van der Waals surface area contributed by atoms with E-state index in [1.807, 2.05) is 0 Å². The second-order valence-corrected chi connectivity index (χ2v) is 9.38. The van der Waals surface area contributed by atoms with Crippen molar-refractivity contribution >= 4 is 5.78 Å². The Morgan fingerprint density at radius 2 is 1.96 bits per heavy atom. The molecular weight excluding hydrogens is 288 g/mol. The predicted octanol–water partition coefficient (Wildman–Crippen LogP) is 3.49. The third-order valence-corrected chi connectivity index (χ3v) is 7.64. The van der Waals surface area contributed by atoms with E-state index >= 15 is 0 Å². The van der Waals surface area contributed by atoms with Crippen LogP contribution in [-0.2, 0) is 4.79 Å². The molecule has 3 aliphatic carbocycles. The maximum absolute atomic E-state index is 12.9. The molecule has 0 aliphatic heterocycles. The van der Waals surface area contributed by atoms with Gasteiger partial charge in [-0.3, -0.25) is 4.79 Å². The number of hydrogen-bond donors (Lipinski definition) is 2. The topological polar surface area (TPSA) is 57.5 Å². The normalized spacial score (nSPS) is 44.1. The molecule has 0 bridgehead atoms. The minimum absolute atomic E-state index is 0.180. The Morgan fingerprint density at radius 3 is 2.61 bits per heavy atom. The van der Waals surface area contributed by atoms with Crippen LogP contribution in [0.4, 0.5) is 0 Å². The van der Waals surface area contributed by atoms with Gasteiger partial charge in [0.25, 0.3) is 0 Å². The maximum Gasteiger partial charge on any atom is 0.139 e. The zero-order valence-corrected chi connectivity index (χ0v) is 15.1. The van der Waals surface area contributed by atoms with Crippen LogP contribution in [-0.4, -0.2) is 28.7 Å². The number of allylic oxidation sites excluding steroid dienone is 2. The van der Waals surface area contributed by atoms with E-state index in [9.17, 15) is 15.0 Å². The van der Waals surface area contributed by atoms with Gasteiger partial charge in [-0.1, -0.05) is 39.3 Å². The van der Waals surface area contributed by atoms with Gasteiger partial charge >= 0.3 is 0 Å². The van der Waals surface area contributed by atoms with E-state index in [1.165, 1.54) is 5.57 Å². The standard InChI is InChI=1S/C20H32O3/c1-18(2)9-8-16(22)20(4)14-7-10-19(3,17(23)12-21)11-13(14)5-6-15(18)20/h5,14-15,17,21,23H,6-12H2,1-4H3. The van der Waals surface area contributed by atoms with Crippen molar-refractivity contribution in [3.8, 4) is 0 Å². The van der Waals surface area contributed by atoms with Gasteiger partial charge in [0.05, 0.1) is 12.7 Å².